The van der Waals surface area contributed by atoms with Crippen molar-refractivity contribution in [3.8, 4) is 5.75 Å². The molecule has 0 spiro atoms. The summed E-state index contributed by atoms with van der Waals surface area (Å²) in [6.07, 6.45) is 2.56. The standard InChI is InChI=1S/C15H18ClN3O2S/c1-2-11-6-3-4-7-12(11)21-9-5-8-14-18-19-15(22-14)17-13(20)10-16/h3-4,6-7H,2,5,8-10H2,1H3,(H,17,19,20). The highest BCUT2D eigenvalue weighted by Crippen LogP contribution is 2.20. The Kier molecular flexibility index (Phi) is 6.61. The number of benzene rings is 1. The minimum absolute atomic E-state index is 0.0837. The molecule has 22 heavy (non-hydrogen) atoms. The van der Waals surface area contributed by atoms with Crippen LogP contribution in [0.25, 0.3) is 0 Å². The lowest BCUT2D eigenvalue weighted by Crippen LogP contribution is -2.12. The maximum atomic E-state index is 11.1. The highest BCUT2D eigenvalue weighted by molar-refractivity contribution is 7.15. The number of alkyl halides is 1. The average Bonchev–Trinajstić information content (AvgIpc) is 2.99. The first-order valence-corrected chi connectivity index (χ1v) is 8.47. The third-order valence-electron chi connectivity index (χ3n) is 2.98. The van der Waals surface area contributed by atoms with Gasteiger partial charge in [-0.2, -0.15) is 0 Å². The summed E-state index contributed by atoms with van der Waals surface area (Å²) >= 11 is 6.78. The summed E-state index contributed by atoms with van der Waals surface area (Å²) < 4.78 is 5.81. The number of carbonyl (C=O) groups is 1. The first kappa shape index (κ1) is 16.7. The number of nitrogens with zero attached hydrogens (tertiary/aromatic N) is 2. The number of aryl methyl sites for hydroxylation is 2. The molecule has 1 aromatic heterocycles. The lowest BCUT2D eigenvalue weighted by Gasteiger charge is -2.09. The van der Waals surface area contributed by atoms with Crippen LogP contribution in [-0.2, 0) is 17.6 Å². The van der Waals surface area contributed by atoms with E-state index in [4.69, 9.17) is 16.3 Å². The zero-order valence-corrected chi connectivity index (χ0v) is 13.9. The number of anilines is 1. The van der Waals surface area contributed by atoms with E-state index in [2.05, 4.69) is 28.5 Å². The van der Waals surface area contributed by atoms with E-state index in [9.17, 15) is 4.79 Å². The van der Waals surface area contributed by atoms with Crippen molar-refractivity contribution < 1.29 is 9.53 Å². The monoisotopic (exact) mass is 339 g/mol. The molecule has 0 aliphatic rings. The van der Waals surface area contributed by atoms with Gasteiger partial charge in [0.25, 0.3) is 0 Å². The summed E-state index contributed by atoms with van der Waals surface area (Å²) in [6.45, 7) is 2.74. The minimum atomic E-state index is -0.274. The quantitative estimate of drug-likeness (QED) is 0.592. The van der Waals surface area contributed by atoms with Gasteiger partial charge in [-0.05, 0) is 24.5 Å². The van der Waals surface area contributed by atoms with Gasteiger partial charge in [0.2, 0.25) is 11.0 Å². The van der Waals surface area contributed by atoms with Gasteiger partial charge in [-0.3, -0.25) is 10.1 Å². The molecule has 0 saturated heterocycles. The highest BCUT2D eigenvalue weighted by Gasteiger charge is 2.07. The zero-order chi connectivity index (χ0) is 15.8. The van der Waals surface area contributed by atoms with E-state index in [1.165, 1.54) is 16.9 Å². The van der Waals surface area contributed by atoms with Crippen LogP contribution < -0.4 is 10.1 Å². The Balaban J connectivity index is 1.76. The largest absolute Gasteiger partial charge is 0.493 e. The van der Waals surface area contributed by atoms with Crippen LogP contribution in [0.4, 0.5) is 5.13 Å². The second-order valence-corrected chi connectivity index (χ2v) is 5.93. The summed E-state index contributed by atoms with van der Waals surface area (Å²) in [5, 5.41) is 11.9. The van der Waals surface area contributed by atoms with E-state index in [0.29, 0.717) is 11.7 Å². The topological polar surface area (TPSA) is 64.1 Å². The van der Waals surface area contributed by atoms with Gasteiger partial charge < -0.3 is 4.74 Å². The zero-order valence-electron chi connectivity index (χ0n) is 12.3. The number of aromatic nitrogens is 2. The van der Waals surface area contributed by atoms with Crippen LogP contribution in [0.5, 0.6) is 5.75 Å². The number of hydrogen-bond donors (Lipinski definition) is 1. The van der Waals surface area contributed by atoms with Crippen LogP contribution in [0.3, 0.4) is 0 Å². The molecule has 5 nitrogen and oxygen atoms in total. The summed E-state index contributed by atoms with van der Waals surface area (Å²) in [5.41, 5.74) is 1.21. The Morgan fingerprint density at radius 2 is 2.18 bits per heavy atom. The van der Waals surface area contributed by atoms with Crippen LogP contribution in [-0.4, -0.2) is 28.6 Å². The number of hydrogen-bond acceptors (Lipinski definition) is 5. The molecule has 118 valence electrons. The van der Waals surface area contributed by atoms with E-state index >= 15 is 0 Å². The van der Waals surface area contributed by atoms with E-state index < -0.39 is 0 Å². The van der Waals surface area contributed by atoms with Gasteiger partial charge in [0, 0.05) is 6.42 Å². The molecule has 2 rings (SSSR count). The van der Waals surface area contributed by atoms with Gasteiger partial charge in [-0.25, -0.2) is 0 Å². The second kappa shape index (κ2) is 8.70. The van der Waals surface area contributed by atoms with Gasteiger partial charge >= 0.3 is 0 Å². The van der Waals surface area contributed by atoms with Crippen molar-refractivity contribution in [1.29, 1.82) is 0 Å². The Bertz CT molecular complexity index is 618. The molecule has 0 aliphatic carbocycles. The van der Waals surface area contributed by atoms with Crippen LogP contribution in [0.1, 0.15) is 23.9 Å². The molecule has 1 N–H and O–H groups in total. The van der Waals surface area contributed by atoms with Crippen molar-refractivity contribution >= 4 is 34.0 Å². The molecule has 7 heteroatoms. The summed E-state index contributed by atoms with van der Waals surface area (Å²) in [4.78, 5) is 11.1. The summed E-state index contributed by atoms with van der Waals surface area (Å²) in [5.74, 6) is 0.584. The van der Waals surface area contributed by atoms with E-state index in [1.54, 1.807) is 0 Å². The smallest absolute Gasteiger partial charge is 0.241 e. The van der Waals surface area contributed by atoms with E-state index in [-0.39, 0.29) is 11.8 Å². The highest BCUT2D eigenvalue weighted by atomic mass is 35.5. The van der Waals surface area contributed by atoms with Crippen molar-refractivity contribution in [3.63, 3.8) is 0 Å². The molecule has 0 atom stereocenters. The van der Waals surface area contributed by atoms with Crippen molar-refractivity contribution in [1.82, 2.24) is 10.2 Å². The first-order chi connectivity index (χ1) is 10.7. The van der Waals surface area contributed by atoms with Gasteiger partial charge in [0.15, 0.2) is 0 Å². The third kappa shape index (κ3) is 4.96. The van der Waals surface area contributed by atoms with Crippen molar-refractivity contribution in [2.24, 2.45) is 0 Å². The van der Waals surface area contributed by atoms with Crippen LogP contribution >= 0.6 is 22.9 Å². The normalized spacial score (nSPS) is 10.5. The fourth-order valence-corrected chi connectivity index (χ4v) is 2.76. The molecule has 1 aromatic carbocycles. The number of rotatable bonds is 8. The molecule has 1 heterocycles. The average molecular weight is 340 g/mol. The first-order valence-electron chi connectivity index (χ1n) is 7.11. The van der Waals surface area contributed by atoms with Gasteiger partial charge in [-0.15, -0.1) is 21.8 Å². The van der Waals surface area contributed by atoms with E-state index in [1.807, 2.05) is 18.2 Å². The Hall–Kier alpha value is -1.66. The molecule has 1 amide bonds. The SMILES string of the molecule is CCc1ccccc1OCCCc1nnc(NC(=O)CCl)s1. The van der Waals surface area contributed by atoms with Gasteiger partial charge in [0.05, 0.1) is 6.61 Å². The van der Waals surface area contributed by atoms with Crippen molar-refractivity contribution in [3.05, 3.63) is 34.8 Å². The van der Waals surface area contributed by atoms with Gasteiger partial charge in [-0.1, -0.05) is 36.5 Å². The maximum Gasteiger partial charge on any atom is 0.241 e. The molecule has 2 aromatic rings. The molecular weight excluding hydrogens is 322 g/mol. The maximum absolute atomic E-state index is 11.1. The van der Waals surface area contributed by atoms with Crippen molar-refractivity contribution in [2.45, 2.75) is 26.2 Å². The number of halogens is 1. The van der Waals surface area contributed by atoms with Crippen molar-refractivity contribution in [2.75, 3.05) is 17.8 Å². The molecule has 0 aliphatic heterocycles. The molecule has 0 unspecified atom stereocenters. The molecular formula is C15H18ClN3O2S. The summed E-state index contributed by atoms with van der Waals surface area (Å²) in [6, 6.07) is 8.06. The number of para-hydroxylation sites is 1. The molecule has 0 fully saturated rings. The van der Waals surface area contributed by atoms with Gasteiger partial charge in [0.1, 0.15) is 16.6 Å². The Labute approximate surface area is 138 Å². The number of nitrogens with one attached hydrogen (secondary N) is 1. The predicted octanol–water partition coefficient (Wildman–Crippen LogP) is 3.29. The minimum Gasteiger partial charge on any atom is -0.493 e. The lowest BCUT2D eigenvalue weighted by molar-refractivity contribution is -0.113. The third-order valence-corrected chi connectivity index (χ3v) is 4.12. The fraction of sp³-hybridized carbons (Fsp3) is 0.400. The lowest BCUT2D eigenvalue weighted by atomic mass is 10.1. The fourth-order valence-electron chi connectivity index (χ4n) is 1.90. The molecule has 0 radical (unpaired) electrons. The summed E-state index contributed by atoms with van der Waals surface area (Å²) in [7, 11) is 0. The van der Waals surface area contributed by atoms with E-state index in [0.717, 1.165) is 30.0 Å². The second-order valence-electron chi connectivity index (χ2n) is 4.60. The van der Waals surface area contributed by atoms with Crippen LogP contribution in [0, 0.1) is 0 Å². The predicted molar refractivity (Wildman–Crippen MR) is 88.9 cm³/mol. The van der Waals surface area contributed by atoms with Crippen LogP contribution in [0.15, 0.2) is 24.3 Å². The number of amides is 1. The Morgan fingerprint density at radius 3 is 2.95 bits per heavy atom. The van der Waals surface area contributed by atoms with Crippen LogP contribution in [0.2, 0.25) is 0 Å². The molecule has 0 bridgehead atoms. The number of ether oxygens (including phenoxy) is 1. The Morgan fingerprint density at radius 1 is 1.36 bits per heavy atom. The number of carbonyl (C=O) groups excluding carboxylic acids is 1. The molecule has 0 saturated carbocycles.